The third-order valence-electron chi connectivity index (χ3n) is 4.65. The lowest BCUT2D eigenvalue weighted by atomic mass is 10.0. The molecule has 26 heavy (non-hydrogen) atoms. The Hall–Kier alpha value is -2.60. The van der Waals surface area contributed by atoms with E-state index >= 15 is 0 Å². The minimum absolute atomic E-state index is 0.0615. The van der Waals surface area contributed by atoms with E-state index in [1.807, 2.05) is 24.3 Å². The summed E-state index contributed by atoms with van der Waals surface area (Å²) in [6.45, 7) is 0. The van der Waals surface area contributed by atoms with Crippen LogP contribution in [0.1, 0.15) is 36.2 Å². The van der Waals surface area contributed by atoms with Gasteiger partial charge in [0.05, 0.1) is 40.6 Å². The summed E-state index contributed by atoms with van der Waals surface area (Å²) in [5, 5.41) is 9.77. The summed E-state index contributed by atoms with van der Waals surface area (Å²) >= 11 is 0. The molecule has 0 aliphatic carbocycles. The first-order valence-corrected chi connectivity index (χ1v) is 8.43. The summed E-state index contributed by atoms with van der Waals surface area (Å²) in [6, 6.07) is 9.15. The molecule has 140 valence electrons. The molecule has 1 saturated heterocycles. The lowest BCUT2D eigenvalue weighted by Crippen LogP contribution is -2.02. The number of hydrogen-bond donors (Lipinski definition) is 1. The topological polar surface area (TPSA) is 66.4 Å². The fourth-order valence-electron chi connectivity index (χ4n) is 3.31. The maximum Gasteiger partial charge on any atom is 0.203 e. The molecule has 0 amide bonds. The molecule has 1 N–H and O–H groups in total. The quantitative estimate of drug-likeness (QED) is 0.839. The number of benzene rings is 2. The zero-order chi connectivity index (χ0) is 18.7. The molecule has 1 aliphatic heterocycles. The van der Waals surface area contributed by atoms with Gasteiger partial charge in [-0.15, -0.1) is 0 Å². The van der Waals surface area contributed by atoms with Crippen LogP contribution in [0.2, 0.25) is 0 Å². The van der Waals surface area contributed by atoms with E-state index in [0.29, 0.717) is 23.0 Å². The van der Waals surface area contributed by atoms with Gasteiger partial charge in [0, 0.05) is 0 Å². The summed E-state index contributed by atoms with van der Waals surface area (Å²) in [4.78, 5) is 0. The van der Waals surface area contributed by atoms with Crippen LogP contribution in [-0.2, 0) is 4.74 Å². The van der Waals surface area contributed by atoms with Crippen LogP contribution in [0.3, 0.4) is 0 Å². The Morgan fingerprint density at radius 3 is 1.85 bits per heavy atom. The Kier molecular flexibility index (Phi) is 5.42. The minimum Gasteiger partial charge on any atom is -0.504 e. The van der Waals surface area contributed by atoms with Gasteiger partial charge in [-0.3, -0.25) is 0 Å². The van der Waals surface area contributed by atoms with E-state index in [0.717, 1.165) is 24.0 Å². The monoisotopic (exact) mass is 360 g/mol. The fraction of sp³-hybridized carbons (Fsp3) is 0.400. The normalized spacial score (nSPS) is 19.2. The van der Waals surface area contributed by atoms with Gasteiger partial charge >= 0.3 is 0 Å². The molecule has 0 aromatic heterocycles. The van der Waals surface area contributed by atoms with Gasteiger partial charge in [-0.05, 0) is 48.2 Å². The van der Waals surface area contributed by atoms with Crippen molar-refractivity contribution in [3.8, 4) is 28.7 Å². The zero-order valence-corrected chi connectivity index (χ0v) is 15.4. The van der Waals surface area contributed by atoms with Crippen LogP contribution in [0, 0.1) is 0 Å². The SMILES string of the molecule is COc1cc(C2CCC(c3cc(OC)c(OC)c(OC)c3)O2)ccc1O. The highest BCUT2D eigenvalue weighted by molar-refractivity contribution is 5.54. The zero-order valence-electron chi connectivity index (χ0n) is 15.4. The van der Waals surface area contributed by atoms with Gasteiger partial charge in [0.25, 0.3) is 0 Å². The number of ether oxygens (including phenoxy) is 5. The molecule has 6 nitrogen and oxygen atoms in total. The Bertz CT molecular complexity index is 748. The molecule has 2 atom stereocenters. The van der Waals surface area contributed by atoms with E-state index < -0.39 is 0 Å². The predicted molar refractivity (Wildman–Crippen MR) is 96.6 cm³/mol. The molecule has 2 aromatic rings. The highest BCUT2D eigenvalue weighted by Gasteiger charge is 2.30. The summed E-state index contributed by atoms with van der Waals surface area (Å²) in [6.07, 6.45) is 1.60. The lowest BCUT2D eigenvalue weighted by molar-refractivity contribution is 0.0437. The first-order chi connectivity index (χ1) is 12.6. The Morgan fingerprint density at radius 2 is 1.31 bits per heavy atom. The number of aromatic hydroxyl groups is 1. The maximum atomic E-state index is 9.77. The van der Waals surface area contributed by atoms with E-state index in [4.69, 9.17) is 23.7 Å². The van der Waals surface area contributed by atoms with E-state index in [1.165, 1.54) is 7.11 Å². The second-order valence-corrected chi connectivity index (χ2v) is 6.08. The number of methoxy groups -OCH3 is 4. The molecular weight excluding hydrogens is 336 g/mol. The van der Waals surface area contributed by atoms with Gasteiger partial charge in [0.15, 0.2) is 23.0 Å². The number of hydrogen-bond acceptors (Lipinski definition) is 6. The van der Waals surface area contributed by atoms with Crippen LogP contribution in [0.25, 0.3) is 0 Å². The average molecular weight is 360 g/mol. The van der Waals surface area contributed by atoms with Crippen molar-refractivity contribution in [3.05, 3.63) is 41.5 Å². The molecule has 0 radical (unpaired) electrons. The van der Waals surface area contributed by atoms with Gasteiger partial charge in [0.2, 0.25) is 5.75 Å². The molecule has 2 unspecified atom stereocenters. The lowest BCUT2D eigenvalue weighted by Gasteiger charge is -2.18. The third-order valence-corrected chi connectivity index (χ3v) is 4.65. The van der Waals surface area contributed by atoms with Gasteiger partial charge < -0.3 is 28.8 Å². The van der Waals surface area contributed by atoms with Gasteiger partial charge in [0.1, 0.15) is 0 Å². The molecule has 1 heterocycles. The molecule has 6 heteroatoms. The average Bonchev–Trinajstić information content (AvgIpc) is 3.17. The molecule has 0 bridgehead atoms. The van der Waals surface area contributed by atoms with E-state index in [2.05, 4.69) is 0 Å². The summed E-state index contributed by atoms with van der Waals surface area (Å²) < 4.78 is 27.7. The van der Waals surface area contributed by atoms with Crippen molar-refractivity contribution in [1.82, 2.24) is 0 Å². The van der Waals surface area contributed by atoms with Crippen molar-refractivity contribution in [2.45, 2.75) is 25.0 Å². The molecular formula is C20H24O6. The highest BCUT2D eigenvalue weighted by atomic mass is 16.5. The molecule has 1 aliphatic rings. The molecule has 3 rings (SSSR count). The van der Waals surface area contributed by atoms with Gasteiger partial charge in [-0.25, -0.2) is 0 Å². The van der Waals surface area contributed by atoms with Crippen molar-refractivity contribution < 1.29 is 28.8 Å². The summed E-state index contributed by atoms with van der Waals surface area (Å²) in [7, 11) is 6.32. The van der Waals surface area contributed by atoms with Crippen LogP contribution in [-0.4, -0.2) is 33.5 Å². The van der Waals surface area contributed by atoms with Crippen LogP contribution in [0.4, 0.5) is 0 Å². The summed E-state index contributed by atoms with van der Waals surface area (Å²) in [5.74, 6) is 2.36. The van der Waals surface area contributed by atoms with Crippen LogP contribution in [0.15, 0.2) is 30.3 Å². The molecule has 2 aromatic carbocycles. The second kappa shape index (κ2) is 7.74. The van der Waals surface area contributed by atoms with Crippen LogP contribution >= 0.6 is 0 Å². The summed E-state index contributed by atoms with van der Waals surface area (Å²) in [5.41, 5.74) is 1.96. The van der Waals surface area contributed by atoms with E-state index in [1.54, 1.807) is 27.4 Å². The molecule has 0 spiro atoms. The second-order valence-electron chi connectivity index (χ2n) is 6.08. The molecule has 0 saturated carbocycles. The molecule has 1 fully saturated rings. The number of rotatable bonds is 6. The first kappa shape index (κ1) is 18.2. The predicted octanol–water partition coefficient (Wildman–Crippen LogP) is 4.02. The van der Waals surface area contributed by atoms with Crippen molar-refractivity contribution in [2.75, 3.05) is 28.4 Å². The Balaban J connectivity index is 1.84. The van der Waals surface area contributed by atoms with Crippen LogP contribution in [0.5, 0.6) is 28.7 Å². The number of phenols is 1. The van der Waals surface area contributed by atoms with Gasteiger partial charge in [-0.2, -0.15) is 0 Å². The number of phenolic OH excluding ortho intramolecular Hbond substituents is 1. The minimum atomic E-state index is -0.0755. The van der Waals surface area contributed by atoms with Crippen molar-refractivity contribution in [3.63, 3.8) is 0 Å². The largest absolute Gasteiger partial charge is 0.504 e. The van der Waals surface area contributed by atoms with Crippen molar-refractivity contribution >= 4 is 0 Å². The fourth-order valence-corrected chi connectivity index (χ4v) is 3.31. The van der Waals surface area contributed by atoms with Crippen LogP contribution < -0.4 is 18.9 Å². The Labute approximate surface area is 153 Å². The first-order valence-electron chi connectivity index (χ1n) is 8.43. The van der Waals surface area contributed by atoms with Crippen molar-refractivity contribution in [2.24, 2.45) is 0 Å². The van der Waals surface area contributed by atoms with Crippen molar-refractivity contribution in [1.29, 1.82) is 0 Å². The van der Waals surface area contributed by atoms with Gasteiger partial charge in [-0.1, -0.05) is 6.07 Å². The standard InChI is InChI=1S/C20H24O6/c1-22-17-9-12(5-6-14(17)21)15-7-8-16(26-15)13-10-18(23-2)20(25-4)19(11-13)24-3/h5-6,9-11,15-16,21H,7-8H2,1-4H3. The highest BCUT2D eigenvalue weighted by Crippen LogP contribution is 2.46. The van der Waals surface area contributed by atoms with E-state index in [-0.39, 0.29) is 18.0 Å². The maximum absolute atomic E-state index is 9.77. The Morgan fingerprint density at radius 1 is 0.769 bits per heavy atom. The smallest absolute Gasteiger partial charge is 0.203 e. The third kappa shape index (κ3) is 3.37. The van der Waals surface area contributed by atoms with E-state index in [9.17, 15) is 5.11 Å².